The fourth-order valence-electron chi connectivity index (χ4n) is 4.35. The van der Waals surface area contributed by atoms with E-state index in [9.17, 15) is 9.18 Å². The lowest BCUT2D eigenvalue weighted by molar-refractivity contribution is -0.132. The largest absolute Gasteiger partial charge is 0.355 e. The van der Waals surface area contributed by atoms with Crippen LogP contribution in [0.4, 0.5) is 15.8 Å². The summed E-state index contributed by atoms with van der Waals surface area (Å²) in [7, 11) is 0. The van der Waals surface area contributed by atoms with Gasteiger partial charge in [-0.3, -0.25) is 9.78 Å². The Balaban J connectivity index is 1.38. The van der Waals surface area contributed by atoms with Crippen molar-refractivity contribution in [1.29, 1.82) is 0 Å². The first-order valence-corrected chi connectivity index (χ1v) is 11.2. The number of pyridine rings is 1. The van der Waals surface area contributed by atoms with E-state index < -0.39 is 0 Å². The zero-order valence-corrected chi connectivity index (χ0v) is 18.7. The molecule has 1 amide bonds. The summed E-state index contributed by atoms with van der Waals surface area (Å²) in [4.78, 5) is 23.8. The van der Waals surface area contributed by atoms with Crippen LogP contribution in [-0.2, 0) is 11.3 Å². The molecule has 32 heavy (non-hydrogen) atoms. The SMILES string of the molecule is Cc1cc(Nc2cccc(F)c2)cc([C@@H]2CCCN(C(=O)CCCn3ccnc3C)C2)n1. The average molecular weight is 436 g/mol. The van der Waals surface area contributed by atoms with E-state index in [1.807, 2.05) is 43.1 Å². The van der Waals surface area contributed by atoms with Crippen LogP contribution in [0.15, 0.2) is 48.8 Å². The number of imidazole rings is 1. The van der Waals surface area contributed by atoms with E-state index in [1.165, 1.54) is 12.1 Å². The van der Waals surface area contributed by atoms with Gasteiger partial charge in [0.15, 0.2) is 0 Å². The molecule has 7 heteroatoms. The third-order valence-corrected chi connectivity index (χ3v) is 5.99. The first kappa shape index (κ1) is 22.0. The number of nitrogens with one attached hydrogen (secondary N) is 1. The minimum absolute atomic E-state index is 0.205. The van der Waals surface area contributed by atoms with Crippen LogP contribution in [0.25, 0.3) is 0 Å². The number of amides is 1. The molecule has 168 valence electrons. The molecule has 1 N–H and O–H groups in total. The number of likely N-dealkylation sites (tertiary alicyclic amines) is 1. The Morgan fingerprint density at radius 3 is 2.88 bits per heavy atom. The van der Waals surface area contributed by atoms with Crippen molar-refractivity contribution in [3.05, 3.63) is 71.8 Å². The van der Waals surface area contributed by atoms with Gasteiger partial charge in [0.05, 0.1) is 0 Å². The summed E-state index contributed by atoms with van der Waals surface area (Å²) in [5.74, 6) is 1.11. The van der Waals surface area contributed by atoms with Crippen LogP contribution >= 0.6 is 0 Å². The number of carbonyl (C=O) groups excluding carboxylic acids is 1. The lowest BCUT2D eigenvalue weighted by Crippen LogP contribution is -2.39. The fourth-order valence-corrected chi connectivity index (χ4v) is 4.35. The molecule has 3 heterocycles. The van der Waals surface area contributed by atoms with E-state index >= 15 is 0 Å². The molecule has 4 rings (SSSR count). The molecule has 0 aliphatic carbocycles. The number of hydrogen-bond acceptors (Lipinski definition) is 4. The number of benzene rings is 1. The molecular formula is C25H30FN5O. The van der Waals surface area contributed by atoms with Crippen molar-refractivity contribution in [3.8, 4) is 0 Å². The van der Waals surface area contributed by atoms with Gasteiger partial charge in [0.25, 0.3) is 0 Å². The lowest BCUT2D eigenvalue weighted by atomic mass is 9.93. The van der Waals surface area contributed by atoms with Gasteiger partial charge in [0, 0.05) is 67.1 Å². The summed E-state index contributed by atoms with van der Waals surface area (Å²) < 4.78 is 15.6. The van der Waals surface area contributed by atoms with Crippen molar-refractivity contribution >= 4 is 17.3 Å². The van der Waals surface area contributed by atoms with Gasteiger partial charge in [-0.15, -0.1) is 0 Å². The van der Waals surface area contributed by atoms with Crippen molar-refractivity contribution < 1.29 is 9.18 Å². The minimum atomic E-state index is -0.273. The normalized spacial score (nSPS) is 16.2. The van der Waals surface area contributed by atoms with Crippen LogP contribution in [0.1, 0.15) is 48.8 Å². The van der Waals surface area contributed by atoms with Gasteiger partial charge >= 0.3 is 0 Å². The highest BCUT2D eigenvalue weighted by molar-refractivity contribution is 5.76. The van der Waals surface area contributed by atoms with Crippen LogP contribution < -0.4 is 5.32 Å². The molecule has 0 saturated carbocycles. The van der Waals surface area contributed by atoms with E-state index in [0.29, 0.717) is 18.7 Å². The molecule has 3 aromatic rings. The molecule has 0 unspecified atom stereocenters. The van der Waals surface area contributed by atoms with Gasteiger partial charge in [-0.1, -0.05) is 6.07 Å². The summed E-state index contributed by atoms with van der Waals surface area (Å²) in [6, 6.07) is 10.4. The van der Waals surface area contributed by atoms with Crippen molar-refractivity contribution in [2.45, 2.75) is 52.0 Å². The zero-order valence-electron chi connectivity index (χ0n) is 18.7. The molecule has 1 atom stereocenters. The fraction of sp³-hybridized carbons (Fsp3) is 0.400. The summed E-state index contributed by atoms with van der Waals surface area (Å²) in [6.45, 7) is 6.25. The van der Waals surface area contributed by atoms with Crippen molar-refractivity contribution in [3.63, 3.8) is 0 Å². The molecule has 6 nitrogen and oxygen atoms in total. The van der Waals surface area contributed by atoms with Gasteiger partial charge in [-0.2, -0.15) is 0 Å². The zero-order chi connectivity index (χ0) is 22.5. The molecule has 1 saturated heterocycles. The predicted octanol–water partition coefficient (Wildman–Crippen LogP) is 4.96. The number of aryl methyl sites for hydroxylation is 3. The van der Waals surface area contributed by atoms with E-state index in [2.05, 4.69) is 14.9 Å². The highest BCUT2D eigenvalue weighted by atomic mass is 19.1. The first-order valence-electron chi connectivity index (χ1n) is 11.2. The Bertz CT molecular complexity index is 1080. The molecule has 1 aliphatic rings. The molecule has 0 spiro atoms. The Labute approximate surface area is 188 Å². The number of aromatic nitrogens is 3. The molecular weight excluding hydrogens is 405 g/mol. The standard InChI is InChI=1S/C25H30FN5O/c1-18-14-23(29-22-8-3-7-21(26)15-22)16-24(28-18)20-6-4-12-31(17-20)25(32)9-5-11-30-13-10-27-19(30)2/h3,7-8,10,13-16,20H,4-6,9,11-12,17H2,1-2H3,(H,28,29)/t20-/m1/s1. The second kappa shape index (κ2) is 9.94. The van der Waals surface area contributed by atoms with Gasteiger partial charge in [0.1, 0.15) is 11.6 Å². The maximum Gasteiger partial charge on any atom is 0.222 e. The molecule has 0 radical (unpaired) electrons. The van der Waals surface area contributed by atoms with Crippen LogP contribution in [0, 0.1) is 19.7 Å². The monoisotopic (exact) mass is 435 g/mol. The molecule has 2 aromatic heterocycles. The van der Waals surface area contributed by atoms with E-state index in [-0.39, 0.29) is 17.6 Å². The molecule has 1 aliphatic heterocycles. The number of anilines is 2. The quantitative estimate of drug-likeness (QED) is 0.570. The maximum atomic E-state index is 13.5. The average Bonchev–Trinajstić information content (AvgIpc) is 3.18. The van der Waals surface area contributed by atoms with Crippen LogP contribution in [-0.4, -0.2) is 38.4 Å². The summed E-state index contributed by atoms with van der Waals surface area (Å²) in [5, 5.41) is 3.28. The first-order chi connectivity index (χ1) is 15.5. The Morgan fingerprint density at radius 2 is 2.09 bits per heavy atom. The number of halogens is 1. The topological polar surface area (TPSA) is 63.1 Å². The van der Waals surface area contributed by atoms with Gasteiger partial charge in [-0.05, 0) is 63.4 Å². The van der Waals surface area contributed by atoms with Crippen molar-refractivity contribution in [1.82, 2.24) is 19.4 Å². The van der Waals surface area contributed by atoms with E-state index in [0.717, 1.165) is 55.3 Å². The van der Waals surface area contributed by atoms with Crippen molar-refractivity contribution in [2.24, 2.45) is 0 Å². The second-order valence-corrected chi connectivity index (χ2v) is 8.51. The summed E-state index contributed by atoms with van der Waals surface area (Å²) in [6.07, 6.45) is 7.07. The van der Waals surface area contributed by atoms with Gasteiger partial charge in [0.2, 0.25) is 5.91 Å². The Hall–Kier alpha value is -3.22. The highest BCUT2D eigenvalue weighted by Crippen LogP contribution is 2.29. The number of rotatable bonds is 7. The van der Waals surface area contributed by atoms with Crippen LogP contribution in [0.3, 0.4) is 0 Å². The number of piperidine rings is 1. The minimum Gasteiger partial charge on any atom is -0.355 e. The van der Waals surface area contributed by atoms with Gasteiger partial charge in [-0.25, -0.2) is 9.37 Å². The predicted molar refractivity (Wildman–Crippen MR) is 123 cm³/mol. The van der Waals surface area contributed by atoms with E-state index in [4.69, 9.17) is 4.98 Å². The number of hydrogen-bond donors (Lipinski definition) is 1. The van der Waals surface area contributed by atoms with Crippen LogP contribution in [0.2, 0.25) is 0 Å². The lowest BCUT2D eigenvalue weighted by Gasteiger charge is -2.33. The summed E-state index contributed by atoms with van der Waals surface area (Å²) >= 11 is 0. The molecule has 1 fully saturated rings. The maximum absolute atomic E-state index is 13.5. The summed E-state index contributed by atoms with van der Waals surface area (Å²) in [5.41, 5.74) is 3.48. The third kappa shape index (κ3) is 5.52. The Morgan fingerprint density at radius 1 is 1.22 bits per heavy atom. The highest BCUT2D eigenvalue weighted by Gasteiger charge is 2.25. The third-order valence-electron chi connectivity index (χ3n) is 5.99. The van der Waals surface area contributed by atoms with Crippen LogP contribution in [0.5, 0.6) is 0 Å². The smallest absolute Gasteiger partial charge is 0.222 e. The van der Waals surface area contributed by atoms with Crippen molar-refractivity contribution in [2.75, 3.05) is 18.4 Å². The number of carbonyl (C=O) groups is 1. The van der Waals surface area contributed by atoms with Gasteiger partial charge < -0.3 is 14.8 Å². The second-order valence-electron chi connectivity index (χ2n) is 8.51. The Kier molecular flexibility index (Phi) is 6.83. The molecule has 0 bridgehead atoms. The van der Waals surface area contributed by atoms with E-state index in [1.54, 1.807) is 12.3 Å². The molecule has 1 aromatic carbocycles. The number of nitrogens with zero attached hydrogens (tertiary/aromatic N) is 4.